The van der Waals surface area contributed by atoms with Gasteiger partial charge < -0.3 is 10.2 Å². The van der Waals surface area contributed by atoms with Gasteiger partial charge in [-0.25, -0.2) is 0 Å². The Hall–Kier alpha value is -0.0800. The van der Waals surface area contributed by atoms with E-state index in [9.17, 15) is 0 Å². The van der Waals surface area contributed by atoms with Gasteiger partial charge in [-0.3, -0.25) is 0 Å². The van der Waals surface area contributed by atoms with Crippen LogP contribution in [0, 0.1) is 11.8 Å². The number of hydrogen-bond acceptors (Lipinski definition) is 2. The van der Waals surface area contributed by atoms with Gasteiger partial charge in [0.1, 0.15) is 0 Å². The predicted octanol–water partition coefficient (Wildman–Crippen LogP) is 2.11. The van der Waals surface area contributed by atoms with Crippen molar-refractivity contribution in [3.8, 4) is 0 Å². The molecule has 2 rings (SSSR count). The summed E-state index contributed by atoms with van der Waals surface area (Å²) in [5.74, 6) is 1.97. The van der Waals surface area contributed by atoms with Gasteiger partial charge in [-0.2, -0.15) is 0 Å². The Labute approximate surface area is 94.4 Å². The van der Waals surface area contributed by atoms with E-state index in [0.29, 0.717) is 6.04 Å². The van der Waals surface area contributed by atoms with Crippen LogP contribution >= 0.6 is 0 Å². The van der Waals surface area contributed by atoms with E-state index in [4.69, 9.17) is 0 Å². The predicted molar refractivity (Wildman–Crippen MR) is 65.0 cm³/mol. The van der Waals surface area contributed by atoms with Gasteiger partial charge in [-0.15, -0.1) is 0 Å². The van der Waals surface area contributed by atoms with Crippen LogP contribution in [0.3, 0.4) is 0 Å². The van der Waals surface area contributed by atoms with Gasteiger partial charge in [0, 0.05) is 19.1 Å². The molecule has 3 unspecified atom stereocenters. The summed E-state index contributed by atoms with van der Waals surface area (Å²) >= 11 is 0. The molecule has 2 nitrogen and oxygen atoms in total. The van der Waals surface area contributed by atoms with Crippen LogP contribution in [0.25, 0.3) is 0 Å². The molecule has 2 aliphatic rings. The van der Waals surface area contributed by atoms with Crippen LogP contribution in [0.15, 0.2) is 0 Å². The van der Waals surface area contributed by atoms with Crippen LogP contribution < -0.4 is 5.32 Å². The summed E-state index contributed by atoms with van der Waals surface area (Å²) in [7, 11) is 0. The first kappa shape index (κ1) is 11.4. The van der Waals surface area contributed by atoms with Crippen molar-refractivity contribution in [2.45, 2.75) is 45.6 Å². The second kappa shape index (κ2) is 5.31. The average molecular weight is 210 g/mol. The lowest BCUT2D eigenvalue weighted by Gasteiger charge is -2.25. The molecule has 2 heteroatoms. The molecule has 0 spiro atoms. The zero-order chi connectivity index (χ0) is 10.7. The minimum absolute atomic E-state index is 0.686. The molecule has 3 atom stereocenters. The number of rotatable bonds is 2. The molecular weight excluding hydrogens is 184 g/mol. The fourth-order valence-corrected chi connectivity index (χ4v) is 3.22. The van der Waals surface area contributed by atoms with Crippen LogP contribution in [-0.4, -0.2) is 37.1 Å². The molecule has 1 aliphatic carbocycles. The minimum Gasteiger partial charge on any atom is -0.313 e. The SMILES string of the molecule is CC1CCC(CN2CCCNC(C)C2)C1. The van der Waals surface area contributed by atoms with Gasteiger partial charge in [-0.05, 0) is 51.1 Å². The van der Waals surface area contributed by atoms with E-state index in [-0.39, 0.29) is 0 Å². The normalized spacial score (nSPS) is 39.2. The molecule has 0 aromatic rings. The quantitative estimate of drug-likeness (QED) is 0.751. The van der Waals surface area contributed by atoms with Crippen molar-refractivity contribution in [3.05, 3.63) is 0 Å². The lowest BCUT2D eigenvalue weighted by atomic mass is 10.1. The third-order valence-electron chi connectivity index (χ3n) is 4.00. The van der Waals surface area contributed by atoms with Crippen molar-refractivity contribution >= 4 is 0 Å². The van der Waals surface area contributed by atoms with Crippen LogP contribution in [0.5, 0.6) is 0 Å². The zero-order valence-corrected chi connectivity index (χ0v) is 10.3. The Balaban J connectivity index is 1.77. The molecule has 0 bridgehead atoms. The lowest BCUT2D eigenvalue weighted by Crippen LogP contribution is -2.37. The summed E-state index contributed by atoms with van der Waals surface area (Å²) in [5, 5.41) is 3.57. The van der Waals surface area contributed by atoms with Gasteiger partial charge in [0.2, 0.25) is 0 Å². The monoisotopic (exact) mass is 210 g/mol. The molecule has 88 valence electrons. The van der Waals surface area contributed by atoms with Crippen molar-refractivity contribution in [3.63, 3.8) is 0 Å². The van der Waals surface area contributed by atoms with E-state index in [1.54, 1.807) is 0 Å². The molecule has 1 saturated heterocycles. The largest absolute Gasteiger partial charge is 0.313 e. The maximum Gasteiger partial charge on any atom is 0.0166 e. The van der Waals surface area contributed by atoms with E-state index >= 15 is 0 Å². The summed E-state index contributed by atoms with van der Waals surface area (Å²) in [5.41, 5.74) is 0. The summed E-state index contributed by atoms with van der Waals surface area (Å²) in [6.45, 7) is 9.85. The van der Waals surface area contributed by atoms with E-state index in [1.165, 1.54) is 51.9 Å². The lowest BCUT2D eigenvalue weighted by molar-refractivity contribution is 0.229. The standard InChI is InChI=1S/C13H26N2/c1-11-4-5-13(8-11)10-15-7-3-6-14-12(2)9-15/h11-14H,3-10H2,1-2H3. The van der Waals surface area contributed by atoms with Gasteiger partial charge >= 0.3 is 0 Å². The highest BCUT2D eigenvalue weighted by molar-refractivity contribution is 4.79. The van der Waals surface area contributed by atoms with E-state index < -0.39 is 0 Å². The summed E-state index contributed by atoms with van der Waals surface area (Å²) in [6.07, 6.45) is 5.73. The van der Waals surface area contributed by atoms with Crippen LogP contribution in [-0.2, 0) is 0 Å². The highest BCUT2D eigenvalue weighted by Gasteiger charge is 2.24. The van der Waals surface area contributed by atoms with Gasteiger partial charge in [-0.1, -0.05) is 13.3 Å². The molecule has 2 fully saturated rings. The maximum atomic E-state index is 3.57. The second-order valence-electron chi connectivity index (χ2n) is 5.75. The Morgan fingerprint density at radius 2 is 2.13 bits per heavy atom. The fraction of sp³-hybridized carbons (Fsp3) is 1.00. The molecule has 0 aromatic carbocycles. The van der Waals surface area contributed by atoms with Crippen LogP contribution in [0.1, 0.15) is 39.5 Å². The van der Waals surface area contributed by atoms with Crippen molar-refractivity contribution in [1.29, 1.82) is 0 Å². The van der Waals surface area contributed by atoms with E-state index in [2.05, 4.69) is 24.1 Å². The third-order valence-corrected chi connectivity index (χ3v) is 4.00. The Morgan fingerprint density at radius 1 is 1.27 bits per heavy atom. The van der Waals surface area contributed by atoms with Crippen LogP contribution in [0.2, 0.25) is 0 Å². The molecule has 0 aromatic heterocycles. The first-order valence-corrected chi connectivity index (χ1v) is 6.70. The summed E-state index contributed by atoms with van der Waals surface area (Å²) in [4.78, 5) is 2.69. The van der Waals surface area contributed by atoms with Crippen molar-refractivity contribution in [2.24, 2.45) is 11.8 Å². The first-order chi connectivity index (χ1) is 7.24. The summed E-state index contributed by atoms with van der Waals surface area (Å²) < 4.78 is 0. The number of nitrogens with zero attached hydrogens (tertiary/aromatic N) is 1. The topological polar surface area (TPSA) is 15.3 Å². The molecule has 1 N–H and O–H groups in total. The van der Waals surface area contributed by atoms with E-state index in [1.807, 2.05) is 0 Å². The Kier molecular flexibility index (Phi) is 4.04. The molecule has 0 radical (unpaired) electrons. The third kappa shape index (κ3) is 3.46. The second-order valence-corrected chi connectivity index (χ2v) is 5.75. The molecule has 15 heavy (non-hydrogen) atoms. The van der Waals surface area contributed by atoms with Gasteiger partial charge in [0.05, 0.1) is 0 Å². The smallest absolute Gasteiger partial charge is 0.0166 e. The molecule has 1 aliphatic heterocycles. The van der Waals surface area contributed by atoms with Crippen molar-refractivity contribution in [1.82, 2.24) is 10.2 Å². The molecular formula is C13H26N2. The summed E-state index contributed by atoms with van der Waals surface area (Å²) in [6, 6.07) is 0.686. The molecule has 0 amide bonds. The van der Waals surface area contributed by atoms with E-state index in [0.717, 1.165) is 11.8 Å². The Morgan fingerprint density at radius 3 is 2.87 bits per heavy atom. The van der Waals surface area contributed by atoms with Crippen LogP contribution in [0.4, 0.5) is 0 Å². The van der Waals surface area contributed by atoms with Gasteiger partial charge in [0.25, 0.3) is 0 Å². The highest BCUT2D eigenvalue weighted by atomic mass is 15.2. The first-order valence-electron chi connectivity index (χ1n) is 6.70. The van der Waals surface area contributed by atoms with Crippen molar-refractivity contribution in [2.75, 3.05) is 26.2 Å². The minimum atomic E-state index is 0.686. The molecule has 1 saturated carbocycles. The maximum absolute atomic E-state index is 3.57. The fourth-order valence-electron chi connectivity index (χ4n) is 3.22. The zero-order valence-electron chi connectivity index (χ0n) is 10.3. The highest BCUT2D eigenvalue weighted by Crippen LogP contribution is 2.30. The number of nitrogens with one attached hydrogen (secondary N) is 1. The van der Waals surface area contributed by atoms with Crippen molar-refractivity contribution < 1.29 is 0 Å². The number of hydrogen-bond donors (Lipinski definition) is 1. The Bertz CT molecular complexity index is 193. The van der Waals surface area contributed by atoms with Gasteiger partial charge in [0.15, 0.2) is 0 Å². The average Bonchev–Trinajstić information content (AvgIpc) is 2.46. The molecule has 1 heterocycles.